The van der Waals surface area contributed by atoms with Crippen LogP contribution in [0.5, 0.6) is 0 Å². The van der Waals surface area contributed by atoms with Crippen LogP contribution in [0.2, 0.25) is 0 Å². The van der Waals surface area contributed by atoms with Crippen molar-refractivity contribution in [1.29, 1.82) is 0 Å². The number of benzene rings is 1. The van der Waals surface area contributed by atoms with Crippen LogP contribution in [0.25, 0.3) is 27.7 Å². The molecule has 0 spiro atoms. The van der Waals surface area contributed by atoms with Gasteiger partial charge in [-0.15, -0.1) is 10.2 Å². The molecule has 0 radical (unpaired) electrons. The van der Waals surface area contributed by atoms with Crippen molar-refractivity contribution >= 4 is 16.6 Å². The summed E-state index contributed by atoms with van der Waals surface area (Å²) < 4.78 is 3.80. The third-order valence-electron chi connectivity index (χ3n) is 5.45. The predicted octanol–water partition coefficient (Wildman–Crippen LogP) is 3.22. The fourth-order valence-electron chi connectivity index (χ4n) is 3.78. The first-order valence-electron chi connectivity index (χ1n) is 10.4. The SMILES string of the molecule is CNCC(C)n1cc(-c2cnc3ccc(Cc4nnc5ccc(C)nn45)cc3c2)cn1. The van der Waals surface area contributed by atoms with Crippen molar-refractivity contribution in [2.45, 2.75) is 26.3 Å². The molecule has 8 heteroatoms. The van der Waals surface area contributed by atoms with Gasteiger partial charge in [-0.25, -0.2) is 0 Å². The van der Waals surface area contributed by atoms with Crippen LogP contribution >= 0.6 is 0 Å². The Morgan fingerprint density at radius 3 is 2.81 bits per heavy atom. The van der Waals surface area contributed by atoms with E-state index >= 15 is 0 Å². The van der Waals surface area contributed by atoms with Crippen LogP contribution in [-0.2, 0) is 6.42 Å². The Morgan fingerprint density at radius 2 is 1.94 bits per heavy atom. The van der Waals surface area contributed by atoms with Crippen molar-refractivity contribution in [2.24, 2.45) is 0 Å². The van der Waals surface area contributed by atoms with E-state index in [1.807, 2.05) is 47.7 Å². The van der Waals surface area contributed by atoms with E-state index in [2.05, 4.69) is 68.1 Å². The Hall–Kier alpha value is -3.65. The number of hydrogen-bond acceptors (Lipinski definition) is 6. The van der Waals surface area contributed by atoms with Crippen molar-refractivity contribution in [1.82, 2.24) is 39.9 Å². The Bertz CT molecular complexity index is 1370. The first kappa shape index (κ1) is 19.3. The largest absolute Gasteiger partial charge is 0.318 e. The molecule has 0 fully saturated rings. The number of likely N-dealkylation sites (N-methyl/N-ethyl adjacent to an activating group) is 1. The Labute approximate surface area is 180 Å². The molecule has 8 nitrogen and oxygen atoms in total. The summed E-state index contributed by atoms with van der Waals surface area (Å²) in [7, 11) is 1.95. The minimum atomic E-state index is 0.286. The summed E-state index contributed by atoms with van der Waals surface area (Å²) in [4.78, 5) is 4.65. The molecule has 0 aliphatic carbocycles. The minimum absolute atomic E-state index is 0.286. The zero-order valence-corrected chi connectivity index (χ0v) is 17.8. The van der Waals surface area contributed by atoms with E-state index in [9.17, 15) is 0 Å². The third kappa shape index (κ3) is 3.77. The van der Waals surface area contributed by atoms with Crippen molar-refractivity contribution in [3.05, 3.63) is 72.1 Å². The van der Waals surface area contributed by atoms with Gasteiger partial charge in [0.1, 0.15) is 0 Å². The number of aromatic nitrogens is 7. The van der Waals surface area contributed by atoms with Crippen LogP contribution in [-0.4, -0.2) is 48.2 Å². The van der Waals surface area contributed by atoms with E-state index in [1.54, 1.807) is 0 Å². The topological polar surface area (TPSA) is 85.8 Å². The molecule has 5 rings (SSSR count). The molecule has 0 saturated carbocycles. The maximum Gasteiger partial charge on any atom is 0.177 e. The van der Waals surface area contributed by atoms with Crippen LogP contribution < -0.4 is 5.32 Å². The lowest BCUT2D eigenvalue weighted by atomic mass is 10.0. The summed E-state index contributed by atoms with van der Waals surface area (Å²) in [6.07, 6.45) is 6.53. The third-order valence-corrected chi connectivity index (χ3v) is 5.45. The second kappa shape index (κ2) is 7.88. The molecule has 31 heavy (non-hydrogen) atoms. The normalized spacial score (nSPS) is 12.6. The monoisotopic (exact) mass is 412 g/mol. The highest BCUT2D eigenvalue weighted by Gasteiger charge is 2.11. The lowest BCUT2D eigenvalue weighted by Crippen LogP contribution is -2.20. The zero-order valence-electron chi connectivity index (χ0n) is 17.8. The minimum Gasteiger partial charge on any atom is -0.318 e. The molecule has 1 unspecified atom stereocenters. The second-order valence-electron chi connectivity index (χ2n) is 7.90. The van der Waals surface area contributed by atoms with E-state index in [0.717, 1.165) is 51.3 Å². The van der Waals surface area contributed by atoms with Gasteiger partial charge >= 0.3 is 0 Å². The smallest absolute Gasteiger partial charge is 0.177 e. The fraction of sp³-hybridized carbons (Fsp3) is 0.261. The molecule has 4 aromatic heterocycles. The number of aryl methyl sites for hydroxylation is 1. The highest BCUT2D eigenvalue weighted by atomic mass is 15.4. The summed E-state index contributed by atoms with van der Waals surface area (Å²) in [6, 6.07) is 12.6. The number of nitrogens with zero attached hydrogens (tertiary/aromatic N) is 7. The van der Waals surface area contributed by atoms with Gasteiger partial charge in [0, 0.05) is 41.9 Å². The maximum absolute atomic E-state index is 4.65. The zero-order chi connectivity index (χ0) is 21.4. The number of fused-ring (bicyclic) bond motifs is 2. The molecule has 0 aliphatic rings. The second-order valence-corrected chi connectivity index (χ2v) is 7.90. The molecule has 1 N–H and O–H groups in total. The van der Waals surface area contributed by atoms with Gasteiger partial charge in [0.15, 0.2) is 11.5 Å². The van der Waals surface area contributed by atoms with Gasteiger partial charge in [-0.3, -0.25) is 9.67 Å². The molecular formula is C23H24N8. The van der Waals surface area contributed by atoms with Gasteiger partial charge < -0.3 is 5.32 Å². The van der Waals surface area contributed by atoms with Crippen LogP contribution in [0.15, 0.2) is 55.0 Å². The van der Waals surface area contributed by atoms with Gasteiger partial charge in [0.25, 0.3) is 0 Å². The number of nitrogens with one attached hydrogen (secondary N) is 1. The molecule has 1 atom stereocenters. The average Bonchev–Trinajstić information content (AvgIpc) is 3.41. The lowest BCUT2D eigenvalue weighted by molar-refractivity contribution is 0.471. The summed E-state index contributed by atoms with van der Waals surface area (Å²) in [5.41, 5.74) is 5.91. The molecule has 1 aromatic carbocycles. The molecular weight excluding hydrogens is 388 g/mol. The standard InChI is InChI=1S/C23H24N8/c1-15-4-7-22-27-28-23(31(22)29-15)9-17-5-6-21-18(8-17)10-19(12-25-21)20-13-26-30(14-20)16(2)11-24-3/h4-8,10,12-14,16,24H,9,11H2,1-3H3. The van der Waals surface area contributed by atoms with Gasteiger partial charge in [0.2, 0.25) is 0 Å². The quantitative estimate of drug-likeness (QED) is 0.461. The number of rotatable bonds is 6. The van der Waals surface area contributed by atoms with Gasteiger partial charge in [0.05, 0.1) is 23.4 Å². The summed E-state index contributed by atoms with van der Waals surface area (Å²) in [5.74, 6) is 0.821. The van der Waals surface area contributed by atoms with Gasteiger partial charge in [-0.1, -0.05) is 6.07 Å². The highest BCUT2D eigenvalue weighted by Crippen LogP contribution is 2.24. The molecule has 5 aromatic rings. The van der Waals surface area contributed by atoms with Gasteiger partial charge in [-0.05, 0) is 56.8 Å². The number of hydrogen-bond donors (Lipinski definition) is 1. The highest BCUT2D eigenvalue weighted by molar-refractivity contribution is 5.84. The lowest BCUT2D eigenvalue weighted by Gasteiger charge is -2.10. The van der Waals surface area contributed by atoms with E-state index < -0.39 is 0 Å². The first-order valence-corrected chi connectivity index (χ1v) is 10.4. The van der Waals surface area contributed by atoms with Gasteiger partial charge in [-0.2, -0.15) is 14.7 Å². The predicted molar refractivity (Wildman–Crippen MR) is 120 cm³/mol. The molecule has 0 aliphatic heterocycles. The number of pyridine rings is 1. The van der Waals surface area contributed by atoms with E-state index in [4.69, 9.17) is 0 Å². The summed E-state index contributed by atoms with van der Waals surface area (Å²) in [6.45, 7) is 4.98. The van der Waals surface area contributed by atoms with Crippen LogP contribution in [0.1, 0.15) is 30.0 Å². The maximum atomic E-state index is 4.65. The van der Waals surface area contributed by atoms with Crippen molar-refractivity contribution in [3.63, 3.8) is 0 Å². The average molecular weight is 413 g/mol. The molecule has 4 heterocycles. The summed E-state index contributed by atoms with van der Waals surface area (Å²) >= 11 is 0. The van der Waals surface area contributed by atoms with E-state index in [1.165, 1.54) is 0 Å². The molecule has 156 valence electrons. The van der Waals surface area contributed by atoms with E-state index in [0.29, 0.717) is 6.42 Å². The Kier molecular flexibility index (Phi) is 4.91. The van der Waals surface area contributed by atoms with Crippen molar-refractivity contribution in [3.8, 4) is 11.1 Å². The van der Waals surface area contributed by atoms with Crippen LogP contribution in [0, 0.1) is 6.92 Å². The van der Waals surface area contributed by atoms with Crippen LogP contribution in [0.4, 0.5) is 0 Å². The summed E-state index contributed by atoms with van der Waals surface area (Å²) in [5, 5.41) is 21.9. The molecule has 0 saturated heterocycles. The Morgan fingerprint density at radius 1 is 1.03 bits per heavy atom. The van der Waals surface area contributed by atoms with E-state index in [-0.39, 0.29) is 6.04 Å². The molecule has 0 bridgehead atoms. The van der Waals surface area contributed by atoms with Crippen molar-refractivity contribution < 1.29 is 0 Å². The molecule has 0 amide bonds. The van der Waals surface area contributed by atoms with Crippen molar-refractivity contribution in [2.75, 3.05) is 13.6 Å². The van der Waals surface area contributed by atoms with Crippen LogP contribution in [0.3, 0.4) is 0 Å². The Balaban J connectivity index is 1.46. The fourth-order valence-corrected chi connectivity index (χ4v) is 3.78. The first-order chi connectivity index (χ1) is 15.1.